The number of thioether (sulfide) groups is 1. The highest BCUT2D eigenvalue weighted by atomic mass is 32.2. The van der Waals surface area contributed by atoms with Crippen molar-refractivity contribution in [3.05, 3.63) is 29.8 Å². The third-order valence-corrected chi connectivity index (χ3v) is 5.59. The molecule has 132 valence electrons. The molecule has 0 atom stereocenters. The van der Waals surface area contributed by atoms with E-state index in [1.807, 2.05) is 6.92 Å². The van der Waals surface area contributed by atoms with Gasteiger partial charge in [0.25, 0.3) is 0 Å². The van der Waals surface area contributed by atoms with Gasteiger partial charge in [-0.15, -0.1) is 10.2 Å². The number of hydrogen-bond acceptors (Lipinski definition) is 7. The van der Waals surface area contributed by atoms with Gasteiger partial charge in [-0.2, -0.15) is 0 Å². The van der Waals surface area contributed by atoms with Gasteiger partial charge in [-0.05, 0) is 43.5 Å². The SMILES string of the molecule is CCCC(=O)Nc1ccc(C(=O)CSc2nnc(NC3CC3)s2)cc1. The minimum Gasteiger partial charge on any atom is -0.357 e. The molecule has 0 unspecified atom stereocenters. The lowest BCUT2D eigenvalue weighted by molar-refractivity contribution is -0.116. The molecule has 0 radical (unpaired) electrons. The fourth-order valence-electron chi connectivity index (χ4n) is 2.13. The molecule has 0 spiro atoms. The van der Waals surface area contributed by atoms with Crippen LogP contribution >= 0.6 is 23.1 Å². The van der Waals surface area contributed by atoms with Crippen molar-refractivity contribution in [1.82, 2.24) is 10.2 Å². The Balaban J connectivity index is 1.48. The lowest BCUT2D eigenvalue weighted by atomic mass is 10.1. The summed E-state index contributed by atoms with van der Waals surface area (Å²) in [4.78, 5) is 23.8. The van der Waals surface area contributed by atoms with Crippen molar-refractivity contribution in [3.8, 4) is 0 Å². The Morgan fingerprint density at radius 2 is 2.00 bits per heavy atom. The van der Waals surface area contributed by atoms with Crippen LogP contribution in [0.1, 0.15) is 43.0 Å². The molecule has 6 nitrogen and oxygen atoms in total. The third kappa shape index (κ3) is 5.54. The number of hydrogen-bond donors (Lipinski definition) is 2. The van der Waals surface area contributed by atoms with E-state index in [-0.39, 0.29) is 11.7 Å². The first-order chi connectivity index (χ1) is 12.1. The lowest BCUT2D eigenvalue weighted by Crippen LogP contribution is -2.10. The molecule has 1 saturated carbocycles. The van der Waals surface area contributed by atoms with Crippen molar-refractivity contribution >= 4 is 45.6 Å². The van der Waals surface area contributed by atoms with Gasteiger partial charge in [0, 0.05) is 23.7 Å². The van der Waals surface area contributed by atoms with Crippen molar-refractivity contribution in [3.63, 3.8) is 0 Å². The Bertz CT molecular complexity index is 741. The number of carbonyl (C=O) groups excluding carboxylic acids is 2. The van der Waals surface area contributed by atoms with E-state index in [1.165, 1.54) is 35.9 Å². The number of aromatic nitrogens is 2. The maximum atomic E-state index is 12.3. The van der Waals surface area contributed by atoms with Crippen LogP contribution in [0.2, 0.25) is 0 Å². The number of nitrogens with one attached hydrogen (secondary N) is 2. The second kappa shape index (κ2) is 8.44. The van der Waals surface area contributed by atoms with Gasteiger partial charge in [0.15, 0.2) is 10.1 Å². The molecule has 1 aromatic carbocycles. The summed E-state index contributed by atoms with van der Waals surface area (Å²) in [6.45, 7) is 1.96. The number of rotatable bonds is 9. The zero-order valence-electron chi connectivity index (χ0n) is 13.9. The van der Waals surface area contributed by atoms with Gasteiger partial charge < -0.3 is 10.6 Å². The van der Waals surface area contributed by atoms with E-state index in [0.717, 1.165) is 15.9 Å². The molecule has 3 rings (SSSR count). The first-order valence-corrected chi connectivity index (χ1v) is 10.1. The maximum Gasteiger partial charge on any atom is 0.224 e. The molecule has 0 saturated heterocycles. The van der Waals surface area contributed by atoms with Gasteiger partial charge in [0.1, 0.15) is 0 Å². The molecule has 1 heterocycles. The molecule has 0 aliphatic heterocycles. The van der Waals surface area contributed by atoms with Gasteiger partial charge in [0.05, 0.1) is 5.75 Å². The summed E-state index contributed by atoms with van der Waals surface area (Å²) in [6.07, 6.45) is 3.69. The number of nitrogens with zero attached hydrogens (tertiary/aromatic N) is 2. The van der Waals surface area contributed by atoms with Gasteiger partial charge in [-0.3, -0.25) is 9.59 Å². The summed E-state index contributed by atoms with van der Waals surface area (Å²) in [6, 6.07) is 7.54. The van der Waals surface area contributed by atoms with Crippen LogP contribution in [-0.2, 0) is 4.79 Å². The predicted octanol–water partition coefficient (Wildman–Crippen LogP) is 3.83. The number of anilines is 2. The first kappa shape index (κ1) is 17.9. The average Bonchev–Trinajstić information content (AvgIpc) is 3.30. The molecule has 25 heavy (non-hydrogen) atoms. The summed E-state index contributed by atoms with van der Waals surface area (Å²) < 4.78 is 0.792. The van der Waals surface area contributed by atoms with Crippen molar-refractivity contribution < 1.29 is 9.59 Å². The van der Waals surface area contributed by atoms with Crippen LogP contribution in [0.25, 0.3) is 0 Å². The normalized spacial score (nSPS) is 13.5. The van der Waals surface area contributed by atoms with Crippen LogP contribution < -0.4 is 10.6 Å². The van der Waals surface area contributed by atoms with Crippen LogP contribution in [0.15, 0.2) is 28.6 Å². The van der Waals surface area contributed by atoms with Crippen molar-refractivity contribution in [2.45, 2.75) is 43.0 Å². The van der Waals surface area contributed by atoms with Crippen LogP contribution in [-0.4, -0.2) is 33.7 Å². The molecular formula is C17H20N4O2S2. The number of carbonyl (C=O) groups is 2. The van der Waals surface area contributed by atoms with Crippen LogP contribution in [0.4, 0.5) is 10.8 Å². The van der Waals surface area contributed by atoms with E-state index in [1.54, 1.807) is 24.3 Å². The van der Waals surface area contributed by atoms with Crippen molar-refractivity contribution in [2.24, 2.45) is 0 Å². The molecule has 1 amide bonds. The predicted molar refractivity (Wildman–Crippen MR) is 102 cm³/mol. The van der Waals surface area contributed by atoms with Crippen LogP contribution in [0.3, 0.4) is 0 Å². The molecular weight excluding hydrogens is 356 g/mol. The van der Waals surface area contributed by atoms with E-state index < -0.39 is 0 Å². The number of ketones is 1. The topological polar surface area (TPSA) is 84.0 Å². The summed E-state index contributed by atoms with van der Waals surface area (Å²) in [5, 5.41) is 15.1. The molecule has 0 bridgehead atoms. The Morgan fingerprint density at radius 1 is 1.24 bits per heavy atom. The minimum absolute atomic E-state index is 0.0102. The Labute approximate surface area is 154 Å². The van der Waals surface area contributed by atoms with E-state index >= 15 is 0 Å². The number of Topliss-reactive ketones (excluding diaryl/α,β-unsaturated/α-hetero) is 1. The Morgan fingerprint density at radius 3 is 2.68 bits per heavy atom. The van der Waals surface area contributed by atoms with Crippen molar-refractivity contribution in [1.29, 1.82) is 0 Å². The molecule has 1 aliphatic carbocycles. The second-order valence-electron chi connectivity index (χ2n) is 5.88. The number of benzene rings is 1. The smallest absolute Gasteiger partial charge is 0.224 e. The molecule has 2 N–H and O–H groups in total. The first-order valence-electron chi connectivity index (χ1n) is 8.30. The van der Waals surface area contributed by atoms with Gasteiger partial charge >= 0.3 is 0 Å². The van der Waals surface area contributed by atoms with Crippen molar-refractivity contribution in [2.75, 3.05) is 16.4 Å². The largest absolute Gasteiger partial charge is 0.357 e. The Hall–Kier alpha value is -1.93. The highest BCUT2D eigenvalue weighted by Crippen LogP contribution is 2.30. The van der Waals surface area contributed by atoms with Crippen LogP contribution in [0, 0.1) is 0 Å². The summed E-state index contributed by atoms with van der Waals surface area (Å²) in [7, 11) is 0. The van der Waals surface area contributed by atoms with Gasteiger partial charge in [-0.25, -0.2) is 0 Å². The summed E-state index contributed by atoms with van der Waals surface area (Å²) in [5.41, 5.74) is 1.34. The van der Waals surface area contributed by atoms with Gasteiger partial charge in [0.2, 0.25) is 11.0 Å². The van der Waals surface area contributed by atoms with Gasteiger partial charge in [-0.1, -0.05) is 30.0 Å². The highest BCUT2D eigenvalue weighted by Gasteiger charge is 2.22. The highest BCUT2D eigenvalue weighted by molar-refractivity contribution is 8.01. The molecule has 1 aliphatic rings. The summed E-state index contributed by atoms with van der Waals surface area (Å²) in [5.74, 6) is 0.340. The lowest BCUT2D eigenvalue weighted by Gasteiger charge is -2.05. The Kier molecular flexibility index (Phi) is 6.04. The molecule has 2 aromatic rings. The average molecular weight is 377 g/mol. The third-order valence-electron chi connectivity index (χ3n) is 3.61. The quantitative estimate of drug-likeness (QED) is 0.511. The van der Waals surface area contributed by atoms with E-state index in [0.29, 0.717) is 29.5 Å². The van der Waals surface area contributed by atoms with E-state index in [9.17, 15) is 9.59 Å². The molecule has 1 aromatic heterocycles. The fourth-order valence-corrected chi connectivity index (χ4v) is 3.85. The maximum absolute atomic E-state index is 12.3. The number of amides is 1. The standard InChI is InChI=1S/C17H20N4O2S2/c1-2-3-15(23)18-12-6-4-11(5-7-12)14(22)10-24-17-21-20-16(25-17)19-13-8-9-13/h4-7,13H,2-3,8-10H2,1H3,(H,18,23)(H,19,20). The monoisotopic (exact) mass is 376 g/mol. The van der Waals surface area contributed by atoms with Crippen LogP contribution in [0.5, 0.6) is 0 Å². The van der Waals surface area contributed by atoms with E-state index in [2.05, 4.69) is 20.8 Å². The molecule has 1 fully saturated rings. The minimum atomic E-state index is -0.0102. The molecule has 8 heteroatoms. The fraction of sp³-hybridized carbons (Fsp3) is 0.412. The zero-order valence-corrected chi connectivity index (χ0v) is 15.6. The zero-order chi connectivity index (χ0) is 17.6. The van der Waals surface area contributed by atoms with E-state index in [4.69, 9.17) is 0 Å². The second-order valence-corrected chi connectivity index (χ2v) is 8.08. The summed E-state index contributed by atoms with van der Waals surface area (Å²) >= 11 is 2.88.